The fourth-order valence-electron chi connectivity index (χ4n) is 1.09. The minimum atomic E-state index is -0.344. The Hall–Kier alpha value is -2.31. The molecule has 82 valence electrons. The third-order valence-corrected chi connectivity index (χ3v) is 1.74. The molecule has 0 atom stereocenters. The molecule has 0 bridgehead atoms. The Morgan fingerprint density at radius 1 is 1.38 bits per heavy atom. The van der Waals surface area contributed by atoms with E-state index in [1.54, 1.807) is 11.2 Å². The molecule has 2 rings (SSSR count). The molecule has 0 aliphatic heterocycles. The number of rotatable bonds is 2. The van der Waals surface area contributed by atoms with Gasteiger partial charge in [0.05, 0.1) is 6.34 Å². The van der Waals surface area contributed by atoms with Crippen LogP contribution in [0.3, 0.4) is 0 Å². The normalized spacial score (nSPS) is 11.1. The van der Waals surface area contributed by atoms with Crippen LogP contribution in [0.4, 0.5) is 5.95 Å². The maximum absolute atomic E-state index is 11.6. The van der Waals surface area contributed by atoms with Gasteiger partial charge in [-0.3, -0.25) is 9.78 Å². The van der Waals surface area contributed by atoms with E-state index < -0.39 is 0 Å². The summed E-state index contributed by atoms with van der Waals surface area (Å²) in [6.07, 6.45) is 4.47. The van der Waals surface area contributed by atoms with Crippen molar-refractivity contribution in [2.75, 3.05) is 14.1 Å². The van der Waals surface area contributed by atoms with E-state index in [9.17, 15) is 4.79 Å². The van der Waals surface area contributed by atoms with Crippen molar-refractivity contribution in [2.24, 2.45) is 4.99 Å². The Labute approximate surface area is 90.9 Å². The van der Waals surface area contributed by atoms with Crippen LogP contribution in [0.1, 0.15) is 0 Å². The van der Waals surface area contributed by atoms with Crippen LogP contribution in [0, 0.1) is 0 Å². The molecule has 0 spiro atoms. The summed E-state index contributed by atoms with van der Waals surface area (Å²) in [7, 11) is 3.64. The molecule has 0 aromatic carbocycles. The first-order valence-electron chi connectivity index (χ1n) is 4.58. The summed E-state index contributed by atoms with van der Waals surface area (Å²) in [6.45, 7) is 0. The van der Waals surface area contributed by atoms with Gasteiger partial charge in [-0.25, -0.2) is 15.0 Å². The number of aromatic nitrogens is 4. The van der Waals surface area contributed by atoms with Gasteiger partial charge in [0.2, 0.25) is 5.95 Å². The van der Waals surface area contributed by atoms with Crippen LogP contribution in [0.25, 0.3) is 11.2 Å². The Morgan fingerprint density at radius 2 is 2.12 bits per heavy atom. The summed E-state index contributed by atoms with van der Waals surface area (Å²) in [5.41, 5.74) is 0.160. The molecule has 0 unspecified atom stereocenters. The van der Waals surface area contributed by atoms with Gasteiger partial charge in [-0.15, -0.1) is 0 Å². The number of fused-ring (bicyclic) bond motifs is 1. The Bertz CT molecular complexity index is 588. The standard InChI is InChI=1S/C9H10N6O/c1-15(2)5-12-9-13-7-6(8(16)14-9)10-3-4-11-7/h3-5H,1-2H3,(H,11,13,14,16). The fraction of sp³-hybridized carbons (Fsp3) is 0.222. The number of nitrogens with one attached hydrogen (secondary N) is 1. The summed E-state index contributed by atoms with van der Waals surface area (Å²) in [5.74, 6) is 0.215. The molecule has 16 heavy (non-hydrogen) atoms. The average molecular weight is 218 g/mol. The molecule has 0 saturated heterocycles. The highest BCUT2D eigenvalue weighted by atomic mass is 16.1. The van der Waals surface area contributed by atoms with Crippen LogP contribution >= 0.6 is 0 Å². The summed E-state index contributed by atoms with van der Waals surface area (Å²) < 4.78 is 0. The summed E-state index contributed by atoms with van der Waals surface area (Å²) in [5, 5.41) is 0. The van der Waals surface area contributed by atoms with E-state index >= 15 is 0 Å². The van der Waals surface area contributed by atoms with Crippen molar-refractivity contribution in [1.29, 1.82) is 0 Å². The Morgan fingerprint density at radius 3 is 2.88 bits per heavy atom. The topological polar surface area (TPSA) is 87.1 Å². The van der Waals surface area contributed by atoms with Crippen LogP contribution in [-0.4, -0.2) is 45.3 Å². The number of aromatic amines is 1. The monoisotopic (exact) mass is 218 g/mol. The fourth-order valence-corrected chi connectivity index (χ4v) is 1.09. The lowest BCUT2D eigenvalue weighted by Gasteiger charge is -2.01. The van der Waals surface area contributed by atoms with Crippen LogP contribution in [0.15, 0.2) is 22.2 Å². The molecule has 7 heteroatoms. The molecule has 1 N–H and O–H groups in total. The van der Waals surface area contributed by atoms with Crippen molar-refractivity contribution in [2.45, 2.75) is 0 Å². The molecular weight excluding hydrogens is 208 g/mol. The molecule has 0 aliphatic rings. The highest BCUT2D eigenvalue weighted by Crippen LogP contribution is 2.04. The van der Waals surface area contributed by atoms with Crippen LogP contribution in [0.5, 0.6) is 0 Å². The minimum absolute atomic E-state index is 0.214. The molecule has 0 radical (unpaired) electrons. The predicted octanol–water partition coefficient (Wildman–Crippen LogP) is -0.0655. The van der Waals surface area contributed by atoms with Gasteiger partial charge < -0.3 is 4.90 Å². The maximum atomic E-state index is 11.6. The van der Waals surface area contributed by atoms with Gasteiger partial charge in [-0.1, -0.05) is 0 Å². The molecule has 2 aromatic rings. The minimum Gasteiger partial charge on any atom is -0.369 e. The van der Waals surface area contributed by atoms with Crippen molar-refractivity contribution in [3.8, 4) is 0 Å². The number of nitrogens with zero attached hydrogens (tertiary/aromatic N) is 5. The van der Waals surface area contributed by atoms with Crippen molar-refractivity contribution in [3.63, 3.8) is 0 Å². The second kappa shape index (κ2) is 4.05. The van der Waals surface area contributed by atoms with E-state index in [1.165, 1.54) is 12.4 Å². The zero-order valence-electron chi connectivity index (χ0n) is 8.88. The third-order valence-electron chi connectivity index (χ3n) is 1.74. The molecular formula is C9H10N6O. The molecule has 2 aromatic heterocycles. The lowest BCUT2D eigenvalue weighted by atomic mass is 10.5. The Balaban J connectivity index is 2.54. The largest absolute Gasteiger partial charge is 0.369 e. The first-order valence-corrected chi connectivity index (χ1v) is 4.58. The van der Waals surface area contributed by atoms with E-state index in [0.29, 0.717) is 0 Å². The van der Waals surface area contributed by atoms with Gasteiger partial charge in [-0.2, -0.15) is 4.98 Å². The SMILES string of the molecule is CN(C)C=Nc1nc2nccnc2c(=O)[nH]1. The van der Waals surface area contributed by atoms with E-state index in [-0.39, 0.29) is 22.7 Å². The molecule has 0 aliphatic carbocycles. The highest BCUT2D eigenvalue weighted by Gasteiger charge is 2.03. The van der Waals surface area contributed by atoms with E-state index in [1.807, 2.05) is 14.1 Å². The average Bonchev–Trinajstić information content (AvgIpc) is 2.26. The summed E-state index contributed by atoms with van der Waals surface area (Å²) >= 11 is 0. The zero-order valence-corrected chi connectivity index (χ0v) is 8.88. The second-order valence-electron chi connectivity index (χ2n) is 3.33. The van der Waals surface area contributed by atoms with E-state index in [4.69, 9.17) is 0 Å². The van der Waals surface area contributed by atoms with Gasteiger partial charge in [-0.05, 0) is 0 Å². The first-order chi connectivity index (χ1) is 7.66. The smallest absolute Gasteiger partial charge is 0.280 e. The number of aliphatic imine (C=N–C) groups is 1. The maximum Gasteiger partial charge on any atom is 0.280 e. The molecule has 0 fully saturated rings. The molecule has 0 amide bonds. The van der Waals surface area contributed by atoms with E-state index in [2.05, 4.69) is 24.9 Å². The van der Waals surface area contributed by atoms with Gasteiger partial charge in [0, 0.05) is 26.5 Å². The van der Waals surface area contributed by atoms with Gasteiger partial charge in [0.25, 0.3) is 5.56 Å². The van der Waals surface area contributed by atoms with Crippen LogP contribution in [0.2, 0.25) is 0 Å². The number of H-pyrrole nitrogens is 1. The van der Waals surface area contributed by atoms with Crippen molar-refractivity contribution in [1.82, 2.24) is 24.8 Å². The van der Waals surface area contributed by atoms with Gasteiger partial charge in [0.1, 0.15) is 0 Å². The zero-order chi connectivity index (χ0) is 11.5. The van der Waals surface area contributed by atoms with Crippen molar-refractivity contribution >= 4 is 23.5 Å². The van der Waals surface area contributed by atoms with Crippen LogP contribution in [-0.2, 0) is 0 Å². The summed E-state index contributed by atoms with van der Waals surface area (Å²) in [6, 6.07) is 0. The summed E-state index contributed by atoms with van der Waals surface area (Å²) in [4.78, 5) is 31.7. The molecule has 7 nitrogen and oxygen atoms in total. The first kappa shape index (κ1) is 10.2. The quantitative estimate of drug-likeness (QED) is 0.563. The van der Waals surface area contributed by atoms with Gasteiger partial charge in [0.15, 0.2) is 11.2 Å². The number of hydrogen-bond acceptors (Lipinski definition) is 5. The van der Waals surface area contributed by atoms with Gasteiger partial charge >= 0.3 is 0 Å². The highest BCUT2D eigenvalue weighted by molar-refractivity contribution is 5.69. The van der Waals surface area contributed by atoms with Crippen molar-refractivity contribution < 1.29 is 0 Å². The van der Waals surface area contributed by atoms with E-state index in [0.717, 1.165) is 0 Å². The third kappa shape index (κ3) is 2.02. The van der Waals surface area contributed by atoms with Crippen LogP contribution < -0.4 is 5.56 Å². The lowest BCUT2D eigenvalue weighted by Crippen LogP contribution is -2.11. The predicted molar refractivity (Wildman–Crippen MR) is 59.8 cm³/mol. The molecule has 2 heterocycles. The number of hydrogen-bond donors (Lipinski definition) is 1. The Kier molecular flexibility index (Phi) is 2.59. The lowest BCUT2D eigenvalue weighted by molar-refractivity contribution is 0.642. The molecule has 0 saturated carbocycles. The second-order valence-corrected chi connectivity index (χ2v) is 3.33. The van der Waals surface area contributed by atoms with Crippen molar-refractivity contribution in [3.05, 3.63) is 22.7 Å².